The molecule has 0 fully saturated rings. The highest BCUT2D eigenvalue weighted by Crippen LogP contribution is 2.23. The Labute approximate surface area is 92.5 Å². The van der Waals surface area contributed by atoms with Crippen molar-refractivity contribution in [2.45, 2.75) is 25.9 Å². The van der Waals surface area contributed by atoms with Crippen LogP contribution >= 0.6 is 11.3 Å². The summed E-state index contributed by atoms with van der Waals surface area (Å²) in [6.07, 6.45) is 0. The Hall–Kier alpha value is -1.14. The number of anilines is 1. The third-order valence-electron chi connectivity index (χ3n) is 2.17. The SMILES string of the molecule is CC(C)N(C)c1nc(C(N)C(=O)O)cs1. The summed E-state index contributed by atoms with van der Waals surface area (Å²) in [5.41, 5.74) is 5.87. The molecule has 1 rings (SSSR count). The van der Waals surface area contributed by atoms with E-state index < -0.39 is 12.0 Å². The lowest BCUT2D eigenvalue weighted by Gasteiger charge is -2.19. The van der Waals surface area contributed by atoms with Crippen LogP contribution in [0.15, 0.2) is 5.38 Å². The van der Waals surface area contributed by atoms with E-state index in [2.05, 4.69) is 4.98 Å². The normalized spacial score (nSPS) is 12.9. The number of rotatable bonds is 4. The van der Waals surface area contributed by atoms with Crippen LogP contribution in [0.1, 0.15) is 25.6 Å². The van der Waals surface area contributed by atoms with Crippen LogP contribution in [-0.2, 0) is 4.79 Å². The molecule has 0 radical (unpaired) electrons. The van der Waals surface area contributed by atoms with Crippen LogP contribution in [-0.4, -0.2) is 29.1 Å². The fourth-order valence-electron chi connectivity index (χ4n) is 0.928. The van der Waals surface area contributed by atoms with Crippen LogP contribution in [0.5, 0.6) is 0 Å². The van der Waals surface area contributed by atoms with E-state index in [9.17, 15) is 4.79 Å². The van der Waals surface area contributed by atoms with Gasteiger partial charge in [-0.05, 0) is 13.8 Å². The van der Waals surface area contributed by atoms with E-state index in [1.54, 1.807) is 5.38 Å². The second kappa shape index (κ2) is 4.59. The molecular weight excluding hydrogens is 214 g/mol. The largest absolute Gasteiger partial charge is 0.480 e. The number of nitrogens with zero attached hydrogens (tertiary/aromatic N) is 2. The highest BCUT2D eigenvalue weighted by Gasteiger charge is 2.19. The van der Waals surface area contributed by atoms with Crippen LogP contribution in [0.25, 0.3) is 0 Å². The molecule has 0 aromatic carbocycles. The summed E-state index contributed by atoms with van der Waals surface area (Å²) >= 11 is 1.40. The minimum atomic E-state index is -1.06. The molecular formula is C9H15N3O2S. The van der Waals surface area contributed by atoms with Crippen LogP contribution in [0, 0.1) is 0 Å². The molecule has 0 amide bonds. The zero-order valence-electron chi connectivity index (χ0n) is 8.97. The molecule has 0 aliphatic heterocycles. The number of aliphatic carboxylic acids is 1. The Morgan fingerprint density at radius 1 is 1.67 bits per heavy atom. The highest BCUT2D eigenvalue weighted by atomic mass is 32.1. The summed E-state index contributed by atoms with van der Waals surface area (Å²) in [6.45, 7) is 4.08. The van der Waals surface area contributed by atoms with Crippen molar-refractivity contribution in [3.05, 3.63) is 11.1 Å². The maximum atomic E-state index is 10.6. The number of hydrogen-bond acceptors (Lipinski definition) is 5. The molecule has 1 aromatic heterocycles. The van der Waals surface area contributed by atoms with Gasteiger partial charge < -0.3 is 15.7 Å². The molecule has 0 bridgehead atoms. The quantitative estimate of drug-likeness (QED) is 0.807. The predicted molar refractivity (Wildman–Crippen MR) is 60.2 cm³/mol. The first kappa shape index (κ1) is 11.9. The summed E-state index contributed by atoms with van der Waals surface area (Å²) in [5.74, 6) is -1.06. The second-order valence-electron chi connectivity index (χ2n) is 3.58. The molecule has 0 aliphatic carbocycles. The maximum absolute atomic E-state index is 10.6. The topological polar surface area (TPSA) is 79.5 Å². The highest BCUT2D eigenvalue weighted by molar-refractivity contribution is 7.13. The Morgan fingerprint density at radius 2 is 2.27 bits per heavy atom. The Kier molecular flexibility index (Phi) is 3.65. The van der Waals surface area contributed by atoms with Crippen LogP contribution in [0.4, 0.5) is 5.13 Å². The lowest BCUT2D eigenvalue weighted by molar-refractivity contribution is -0.138. The lowest BCUT2D eigenvalue weighted by Crippen LogP contribution is -2.26. The van der Waals surface area contributed by atoms with Crippen molar-refractivity contribution in [3.8, 4) is 0 Å². The minimum Gasteiger partial charge on any atom is -0.480 e. The summed E-state index contributed by atoms with van der Waals surface area (Å²) in [5, 5.41) is 11.2. The van der Waals surface area contributed by atoms with Gasteiger partial charge in [-0.2, -0.15) is 0 Å². The van der Waals surface area contributed by atoms with E-state index in [1.807, 2.05) is 25.8 Å². The number of thiazole rings is 1. The van der Waals surface area contributed by atoms with Gasteiger partial charge in [0.2, 0.25) is 0 Å². The molecule has 0 aliphatic rings. The van der Waals surface area contributed by atoms with E-state index in [0.29, 0.717) is 11.7 Å². The lowest BCUT2D eigenvalue weighted by atomic mass is 10.2. The number of hydrogen-bond donors (Lipinski definition) is 2. The third-order valence-corrected chi connectivity index (χ3v) is 3.12. The predicted octanol–water partition coefficient (Wildman–Crippen LogP) is 1.07. The van der Waals surface area contributed by atoms with Crippen LogP contribution in [0.3, 0.4) is 0 Å². The van der Waals surface area contributed by atoms with Crippen LogP contribution in [0.2, 0.25) is 0 Å². The van der Waals surface area contributed by atoms with Crippen molar-refractivity contribution in [2.75, 3.05) is 11.9 Å². The van der Waals surface area contributed by atoms with E-state index >= 15 is 0 Å². The molecule has 1 aromatic rings. The second-order valence-corrected chi connectivity index (χ2v) is 4.41. The van der Waals surface area contributed by atoms with Crippen molar-refractivity contribution >= 4 is 22.4 Å². The zero-order valence-corrected chi connectivity index (χ0v) is 9.78. The first-order valence-electron chi connectivity index (χ1n) is 4.60. The summed E-state index contributed by atoms with van der Waals surface area (Å²) in [7, 11) is 1.92. The molecule has 84 valence electrons. The fourth-order valence-corrected chi connectivity index (χ4v) is 1.89. The van der Waals surface area contributed by atoms with Crippen molar-refractivity contribution in [3.63, 3.8) is 0 Å². The van der Waals surface area contributed by atoms with Crippen molar-refractivity contribution in [1.82, 2.24) is 4.98 Å². The van der Waals surface area contributed by atoms with Gasteiger partial charge in [-0.1, -0.05) is 0 Å². The molecule has 0 saturated heterocycles. The average molecular weight is 229 g/mol. The first-order valence-corrected chi connectivity index (χ1v) is 5.48. The van der Waals surface area contributed by atoms with E-state index in [-0.39, 0.29) is 0 Å². The third kappa shape index (κ3) is 2.66. The van der Waals surface area contributed by atoms with Gasteiger partial charge in [-0.25, -0.2) is 4.98 Å². The molecule has 1 atom stereocenters. The molecule has 0 spiro atoms. The van der Waals surface area contributed by atoms with Crippen molar-refractivity contribution in [2.24, 2.45) is 5.73 Å². The number of aromatic nitrogens is 1. The Bertz CT molecular complexity index is 351. The number of carboxylic acids is 1. The molecule has 6 heteroatoms. The molecule has 1 heterocycles. The van der Waals surface area contributed by atoms with Crippen LogP contribution < -0.4 is 10.6 Å². The molecule has 3 N–H and O–H groups in total. The zero-order chi connectivity index (χ0) is 11.6. The van der Waals surface area contributed by atoms with Gasteiger partial charge in [0, 0.05) is 18.5 Å². The molecule has 15 heavy (non-hydrogen) atoms. The average Bonchev–Trinajstić information content (AvgIpc) is 2.63. The monoisotopic (exact) mass is 229 g/mol. The summed E-state index contributed by atoms with van der Waals surface area (Å²) in [6, 6.07) is -0.708. The summed E-state index contributed by atoms with van der Waals surface area (Å²) < 4.78 is 0. The molecule has 5 nitrogen and oxygen atoms in total. The van der Waals surface area contributed by atoms with Gasteiger partial charge in [0.1, 0.15) is 6.04 Å². The van der Waals surface area contributed by atoms with Gasteiger partial charge in [0.05, 0.1) is 5.69 Å². The Morgan fingerprint density at radius 3 is 2.73 bits per heavy atom. The Balaban J connectivity index is 2.85. The van der Waals surface area contributed by atoms with Gasteiger partial charge in [0.15, 0.2) is 5.13 Å². The summed E-state index contributed by atoms with van der Waals surface area (Å²) in [4.78, 5) is 16.8. The van der Waals surface area contributed by atoms with E-state index in [0.717, 1.165) is 5.13 Å². The number of carboxylic acid groups (broad SMARTS) is 1. The van der Waals surface area contributed by atoms with Gasteiger partial charge in [-0.15, -0.1) is 11.3 Å². The van der Waals surface area contributed by atoms with Crippen molar-refractivity contribution < 1.29 is 9.90 Å². The van der Waals surface area contributed by atoms with E-state index in [4.69, 9.17) is 10.8 Å². The molecule has 0 saturated carbocycles. The van der Waals surface area contributed by atoms with Crippen molar-refractivity contribution in [1.29, 1.82) is 0 Å². The fraction of sp³-hybridized carbons (Fsp3) is 0.556. The number of carbonyl (C=O) groups is 1. The van der Waals surface area contributed by atoms with Gasteiger partial charge >= 0.3 is 5.97 Å². The van der Waals surface area contributed by atoms with E-state index in [1.165, 1.54) is 11.3 Å². The first-order chi connectivity index (χ1) is 6.93. The maximum Gasteiger partial charge on any atom is 0.326 e. The smallest absolute Gasteiger partial charge is 0.326 e. The molecule has 1 unspecified atom stereocenters. The standard InChI is InChI=1S/C9H15N3O2S/c1-5(2)12(3)9-11-6(4-15-9)7(10)8(13)14/h4-5,7H,10H2,1-3H3,(H,13,14). The van der Waals surface area contributed by atoms with Gasteiger partial charge in [0.25, 0.3) is 0 Å². The number of nitrogens with two attached hydrogens (primary N) is 1. The minimum absolute atomic E-state index is 0.324. The van der Waals surface area contributed by atoms with Gasteiger partial charge in [-0.3, -0.25) is 4.79 Å².